The van der Waals surface area contributed by atoms with E-state index in [0.29, 0.717) is 175 Å². The molecule has 141 heavy (non-hydrogen) atoms. The van der Waals surface area contributed by atoms with Crippen molar-refractivity contribution in [2.24, 2.45) is 5.92 Å². The Bertz CT molecular complexity index is 8040. The number of pyridine rings is 4. The van der Waals surface area contributed by atoms with E-state index >= 15 is 0 Å². The van der Waals surface area contributed by atoms with Gasteiger partial charge in [0.05, 0.1) is 53.9 Å². The number of fused-ring (bicyclic) bond motifs is 4. The van der Waals surface area contributed by atoms with Crippen LogP contribution in [0, 0.1) is 98.9 Å². The Morgan fingerprint density at radius 2 is 0.780 bits per heavy atom. The Morgan fingerprint density at radius 3 is 1.17 bits per heavy atom. The normalized spacial score (nSPS) is 12.4. The average Bonchev–Trinajstić information content (AvgIpc) is 1.68. The lowest BCUT2D eigenvalue weighted by Gasteiger charge is -2.24. The molecule has 2 fully saturated rings. The summed E-state index contributed by atoms with van der Waals surface area (Å²) in [5, 5.41) is 3.87. The van der Waals surface area contributed by atoms with Crippen molar-refractivity contribution in [2.75, 3.05) is 59.7 Å². The fourth-order valence-corrected chi connectivity index (χ4v) is 19.7. The molecule has 0 bridgehead atoms. The van der Waals surface area contributed by atoms with Gasteiger partial charge in [-0.15, -0.1) is 0 Å². The van der Waals surface area contributed by atoms with Crippen LogP contribution in [0.2, 0.25) is 0 Å². The van der Waals surface area contributed by atoms with E-state index in [1.54, 1.807) is 155 Å². The largest absolute Gasteiger partial charge is 0.422 e. The van der Waals surface area contributed by atoms with Crippen LogP contribution >= 0.6 is 90.4 Å². The number of anilines is 1. The van der Waals surface area contributed by atoms with Gasteiger partial charge in [-0.1, -0.05) is 84.9 Å². The van der Waals surface area contributed by atoms with Crippen LogP contribution < -0.4 is 50.1 Å². The first-order chi connectivity index (χ1) is 67.3. The highest BCUT2D eigenvalue weighted by Gasteiger charge is 2.34. The Labute approximate surface area is 861 Å². The topological polar surface area (TPSA) is 309 Å². The summed E-state index contributed by atoms with van der Waals surface area (Å²) in [4.78, 5) is 143. The SMILES string of the molecule is COCCCn1c(C)c(-c2cccc(NC(C)=O)c2)c2oc(=O)c(C)c(Cc3ccc(I)cc3F)c2c1=O.COCCn1c(C)c(-c2cccc(CC(C)=O)c2)c2oc(=O)c(C)c(Cc3ccc(I)cc3F)c2c1=O.COCCn1c(C)cc2oc(=O)c(C)c(Cc3ccc(I)cc3F)c2c1=O.Cc1c(Cc2ccc(I)cc2F)c2c(=O)n(C3CC3)c(C)c(-c3cccc(CC(=O)C4COC4)c3)c2oc1=O. The fraction of sp³-hybridized carbons (Fsp3) is 0.294. The van der Waals surface area contributed by atoms with Crippen molar-refractivity contribution in [1.29, 1.82) is 0 Å². The number of aromatic nitrogens is 4. The molecule has 32 heteroatoms. The smallest absolute Gasteiger partial charge is 0.339 e. The van der Waals surface area contributed by atoms with Gasteiger partial charge in [-0.25, -0.2) is 36.7 Å². The zero-order valence-electron chi connectivity index (χ0n) is 79.7. The minimum absolute atomic E-state index is 0.0211. The molecule has 15 aromatic rings. The summed E-state index contributed by atoms with van der Waals surface area (Å²) < 4.78 is 112. The maximum absolute atomic E-state index is 14.9. The molecule has 1 saturated carbocycles. The Balaban J connectivity index is 0.000000151. The van der Waals surface area contributed by atoms with E-state index in [1.807, 2.05) is 135 Å². The van der Waals surface area contributed by atoms with Crippen molar-refractivity contribution in [2.45, 2.75) is 153 Å². The number of Topliss-reactive ketones (excluding diaryl/α,β-unsaturated/α-hetero) is 2. The highest BCUT2D eigenvalue weighted by Crippen LogP contribution is 2.42. The van der Waals surface area contributed by atoms with Crippen LogP contribution in [0.4, 0.5) is 23.2 Å². The zero-order valence-corrected chi connectivity index (χ0v) is 88.3. The van der Waals surface area contributed by atoms with Gasteiger partial charge in [-0.05, 0) is 305 Å². The lowest BCUT2D eigenvalue weighted by atomic mass is 9.92. The lowest BCUT2D eigenvalue weighted by molar-refractivity contribution is -0.135. The van der Waals surface area contributed by atoms with E-state index in [2.05, 4.69) is 27.9 Å². The van der Waals surface area contributed by atoms with Crippen molar-refractivity contribution in [1.82, 2.24) is 18.3 Å². The summed E-state index contributed by atoms with van der Waals surface area (Å²) >= 11 is 8.15. The molecule has 732 valence electrons. The minimum atomic E-state index is -0.589. The van der Waals surface area contributed by atoms with Crippen molar-refractivity contribution in [3.63, 3.8) is 0 Å². The number of ether oxygens (including phenoxy) is 4. The molecular weight excluding hydrogens is 2270 g/mol. The van der Waals surface area contributed by atoms with Crippen LogP contribution in [-0.4, -0.2) is 90.1 Å². The summed E-state index contributed by atoms with van der Waals surface area (Å²) in [6.07, 6.45) is 3.25. The Morgan fingerprint density at radius 1 is 0.411 bits per heavy atom. The number of amides is 1. The molecule has 0 radical (unpaired) electrons. The fourth-order valence-electron chi connectivity index (χ4n) is 17.9. The third kappa shape index (κ3) is 23.4. The maximum atomic E-state index is 14.9. The number of carbonyl (C=O) groups is 3. The van der Waals surface area contributed by atoms with Gasteiger partial charge in [0.15, 0.2) is 16.7 Å². The molecule has 2 aliphatic rings. The number of nitrogens with zero attached hydrogens (tertiary/aromatic N) is 4. The van der Waals surface area contributed by atoms with Crippen LogP contribution in [0.15, 0.2) is 208 Å². The van der Waals surface area contributed by atoms with E-state index in [-0.39, 0.29) is 153 Å². The molecule has 1 N–H and O–H groups in total. The number of methoxy groups -OCH3 is 3. The first-order valence-corrected chi connectivity index (χ1v) is 49.8. The summed E-state index contributed by atoms with van der Waals surface area (Å²) in [6.45, 7) is 19.7. The average molecular weight is 2370 g/mol. The van der Waals surface area contributed by atoms with E-state index in [9.17, 15) is 70.3 Å². The van der Waals surface area contributed by atoms with Crippen molar-refractivity contribution in [3.05, 3.63) is 373 Å². The highest BCUT2D eigenvalue weighted by molar-refractivity contribution is 14.1. The summed E-state index contributed by atoms with van der Waals surface area (Å²) in [6, 6.07) is 43.5. The van der Waals surface area contributed by atoms with Crippen molar-refractivity contribution < 1.29 is 68.6 Å². The molecule has 0 spiro atoms. The van der Waals surface area contributed by atoms with E-state index < -0.39 is 34.1 Å². The van der Waals surface area contributed by atoms with E-state index in [4.69, 9.17) is 36.6 Å². The lowest BCUT2D eigenvalue weighted by Crippen LogP contribution is -2.35. The summed E-state index contributed by atoms with van der Waals surface area (Å²) in [5.41, 5.74) is 10.7. The van der Waals surface area contributed by atoms with Gasteiger partial charge >= 0.3 is 22.5 Å². The second-order valence-corrected chi connectivity index (χ2v) is 40.2. The zero-order chi connectivity index (χ0) is 102. The molecule has 1 aliphatic carbocycles. The van der Waals surface area contributed by atoms with Gasteiger partial charge < -0.3 is 60.2 Å². The van der Waals surface area contributed by atoms with Gasteiger partial charge in [0.2, 0.25) is 5.91 Å². The molecule has 8 aromatic heterocycles. The van der Waals surface area contributed by atoms with Crippen LogP contribution in [0.1, 0.15) is 140 Å². The molecule has 0 unspecified atom stereocenters. The number of hydrogen-bond donors (Lipinski definition) is 1. The first-order valence-electron chi connectivity index (χ1n) is 45.5. The third-order valence-electron chi connectivity index (χ3n) is 25.5. The van der Waals surface area contributed by atoms with Gasteiger partial charge in [0, 0.05) is 187 Å². The number of halogens is 8. The molecule has 1 saturated heterocycles. The quantitative estimate of drug-likeness (QED) is 0.0270. The Kier molecular flexibility index (Phi) is 34.2. The minimum Gasteiger partial charge on any atom is -0.422 e. The van der Waals surface area contributed by atoms with Crippen LogP contribution in [0.25, 0.3) is 77.3 Å². The molecule has 7 aromatic carbocycles. The number of carbonyl (C=O) groups excluding carboxylic acids is 3. The van der Waals surface area contributed by atoms with Gasteiger partial charge in [0.1, 0.15) is 40.4 Å². The number of nitrogens with one attached hydrogen (secondary N) is 1. The van der Waals surface area contributed by atoms with Crippen molar-refractivity contribution in [3.8, 4) is 33.4 Å². The third-order valence-corrected chi connectivity index (χ3v) is 28.2. The van der Waals surface area contributed by atoms with E-state index in [1.165, 1.54) is 38.1 Å². The predicted molar refractivity (Wildman–Crippen MR) is 569 cm³/mol. The maximum Gasteiger partial charge on any atom is 0.339 e. The first kappa shape index (κ1) is 105. The number of rotatable bonds is 28. The highest BCUT2D eigenvalue weighted by atomic mass is 127. The standard InChI is InChI=1S/C31H27FINO5.C29H28FIN2O5.C29H27FINO5.C20H19FINO4/c1-16-24(12-19-6-7-22(33)13-25(19)32)28-29(39-31(16)37)27(17(2)34(30(28)36)23-8-9-23)20-5-3-4-18(10-20)11-26(35)21-14-38-15-21;1-16-23(14-19-9-10-21(31)15-24(19)30)26-27(38-29(16)36)25(17(2)33(28(26)35)11-6-12-37-4)20-7-5-8-22(13-20)32-18(3)34;1-16(33)12-19-6-5-7-21(13-19)25-18(3)32(10-11-36-4)28(34)26-23(17(2)29(35)37-27(25)26)14-20-8-9-22(31)15-24(20)30;1-11-8-17-18(19(24)23(11)6-7-26-3)15(12(2)20(25)27-17)9-13-4-5-14(22)10-16(13)21/h3-7,10,13,21,23H,8-9,11-12,14-15H2,1-2H3;5,7-10,13,15H,6,11-12,14H2,1-4H3,(H,32,34);5-9,13,15H,10-12,14H2,1-4H3;4-5,8,10H,6-7,9H2,1-3H3. The monoisotopic (exact) mass is 2370 g/mol. The number of aryl methyl sites for hydroxylation is 1. The van der Waals surface area contributed by atoms with Gasteiger partial charge in [0.25, 0.3) is 22.2 Å². The molecule has 1 amide bonds. The summed E-state index contributed by atoms with van der Waals surface area (Å²) in [7, 11) is 4.72. The van der Waals surface area contributed by atoms with Crippen LogP contribution in [-0.2, 0) is 91.5 Å². The molecule has 0 atom stereocenters. The van der Waals surface area contributed by atoms with Crippen LogP contribution in [0.5, 0.6) is 0 Å². The van der Waals surface area contributed by atoms with Gasteiger partial charge in [-0.3, -0.25) is 33.6 Å². The number of benzene rings is 7. The molecular formula is C109H101F4I4N5O19. The summed E-state index contributed by atoms with van der Waals surface area (Å²) in [5.74, 6) is -1.71. The molecule has 1 aliphatic heterocycles. The number of hydrogen-bond acceptors (Lipinski definition) is 19. The predicted octanol–water partition coefficient (Wildman–Crippen LogP) is 20.1. The molecule has 17 rings (SSSR count). The van der Waals surface area contributed by atoms with Gasteiger partial charge in [-0.2, -0.15) is 0 Å². The van der Waals surface area contributed by atoms with Crippen molar-refractivity contribution >= 4 is 157 Å². The second kappa shape index (κ2) is 45.8. The second-order valence-electron chi connectivity index (χ2n) is 35.2. The molecule has 9 heterocycles. The van der Waals surface area contributed by atoms with E-state index in [0.717, 1.165) is 43.8 Å². The van der Waals surface area contributed by atoms with Crippen LogP contribution in [0.3, 0.4) is 0 Å². The Hall–Kier alpha value is -11.5. The number of ketones is 2. The molecule has 24 nitrogen and oxygen atoms in total.